The molecule has 0 aliphatic carbocycles. The monoisotopic (exact) mass is 332 g/mol. The molecule has 122 valence electrons. The molecule has 5 nitrogen and oxygen atoms in total. The molecule has 1 saturated heterocycles. The normalized spacial score (nSPS) is 15.0. The van der Waals surface area contributed by atoms with Crippen molar-refractivity contribution in [1.29, 1.82) is 0 Å². The first-order valence-electron chi connectivity index (χ1n) is 8.01. The molecule has 3 rings (SSSR count). The Morgan fingerprint density at radius 2 is 2.04 bits per heavy atom. The number of nitrogens with zero attached hydrogens (tertiary/aromatic N) is 4. The van der Waals surface area contributed by atoms with Crippen molar-refractivity contribution in [1.82, 2.24) is 14.5 Å². The zero-order valence-corrected chi connectivity index (χ0v) is 14.0. The molecule has 0 radical (unpaired) electrons. The lowest BCUT2D eigenvalue weighted by molar-refractivity contribution is -0.131. The molecule has 1 aromatic heterocycles. The summed E-state index contributed by atoms with van der Waals surface area (Å²) in [4.78, 5) is 20.7. The molecule has 0 saturated carbocycles. The third kappa shape index (κ3) is 3.50. The third-order valence-electron chi connectivity index (χ3n) is 4.09. The minimum Gasteiger partial charge on any atom is -0.339 e. The van der Waals surface area contributed by atoms with Gasteiger partial charge in [-0.15, -0.1) is 0 Å². The Labute approximate surface area is 141 Å². The number of hydrogen-bond donors (Lipinski definition) is 0. The van der Waals surface area contributed by atoms with E-state index in [1.54, 1.807) is 6.20 Å². The van der Waals surface area contributed by atoms with Crippen LogP contribution >= 0.6 is 11.6 Å². The van der Waals surface area contributed by atoms with Crippen molar-refractivity contribution >= 4 is 23.5 Å². The number of halogens is 1. The second kappa shape index (κ2) is 7.04. The average molecular weight is 333 g/mol. The minimum atomic E-state index is 0.255. The standard InChI is InChI=1S/C17H21ClN4O/c1-2-4-16(23)20-9-11-21(12-10-20)17-19-7-8-22(17)15-6-3-5-14(18)13-15/h3,5-8,13H,2,4,9-12H2,1H3. The van der Waals surface area contributed by atoms with Gasteiger partial charge >= 0.3 is 0 Å². The summed E-state index contributed by atoms with van der Waals surface area (Å²) in [7, 11) is 0. The van der Waals surface area contributed by atoms with Gasteiger partial charge in [-0.25, -0.2) is 4.98 Å². The van der Waals surface area contributed by atoms with Crippen molar-refractivity contribution in [2.45, 2.75) is 19.8 Å². The minimum absolute atomic E-state index is 0.255. The largest absolute Gasteiger partial charge is 0.339 e. The number of carbonyl (C=O) groups excluding carboxylic acids is 1. The molecule has 1 amide bonds. The number of imidazole rings is 1. The third-order valence-corrected chi connectivity index (χ3v) is 4.32. The van der Waals surface area contributed by atoms with E-state index in [-0.39, 0.29) is 5.91 Å². The van der Waals surface area contributed by atoms with Crippen LogP contribution in [0.4, 0.5) is 5.95 Å². The molecule has 1 aliphatic rings. The van der Waals surface area contributed by atoms with Crippen LogP contribution in [0.15, 0.2) is 36.7 Å². The smallest absolute Gasteiger partial charge is 0.222 e. The molecule has 1 aromatic carbocycles. The fourth-order valence-electron chi connectivity index (χ4n) is 2.88. The van der Waals surface area contributed by atoms with Gasteiger partial charge in [-0.1, -0.05) is 24.6 Å². The number of carbonyl (C=O) groups is 1. The number of anilines is 1. The molecular weight excluding hydrogens is 312 g/mol. The summed E-state index contributed by atoms with van der Waals surface area (Å²) in [5.74, 6) is 1.15. The first-order chi connectivity index (χ1) is 11.2. The number of amides is 1. The molecule has 2 heterocycles. The molecule has 0 unspecified atom stereocenters. The van der Waals surface area contributed by atoms with E-state index in [1.165, 1.54) is 0 Å². The van der Waals surface area contributed by atoms with E-state index < -0.39 is 0 Å². The molecule has 0 atom stereocenters. The van der Waals surface area contributed by atoms with E-state index >= 15 is 0 Å². The van der Waals surface area contributed by atoms with Gasteiger partial charge in [-0.3, -0.25) is 9.36 Å². The predicted molar refractivity (Wildman–Crippen MR) is 92.3 cm³/mol. The van der Waals surface area contributed by atoms with Crippen molar-refractivity contribution in [3.63, 3.8) is 0 Å². The summed E-state index contributed by atoms with van der Waals surface area (Å²) in [6.07, 6.45) is 5.27. The molecule has 1 fully saturated rings. The van der Waals surface area contributed by atoms with Crippen molar-refractivity contribution in [2.75, 3.05) is 31.1 Å². The van der Waals surface area contributed by atoms with Gasteiger partial charge in [0.1, 0.15) is 0 Å². The first kappa shape index (κ1) is 15.9. The fraction of sp³-hybridized carbons (Fsp3) is 0.412. The van der Waals surface area contributed by atoms with Crippen LogP contribution in [0.3, 0.4) is 0 Å². The molecule has 6 heteroatoms. The topological polar surface area (TPSA) is 41.4 Å². The molecule has 1 aliphatic heterocycles. The van der Waals surface area contributed by atoms with Crippen LogP contribution in [0.1, 0.15) is 19.8 Å². The molecule has 23 heavy (non-hydrogen) atoms. The Kier molecular flexibility index (Phi) is 4.86. The van der Waals surface area contributed by atoms with Crippen LogP contribution < -0.4 is 4.90 Å². The second-order valence-electron chi connectivity index (χ2n) is 5.69. The Hall–Kier alpha value is -2.01. The van der Waals surface area contributed by atoms with E-state index in [4.69, 9.17) is 11.6 Å². The van der Waals surface area contributed by atoms with Gasteiger partial charge in [-0.2, -0.15) is 0 Å². The maximum Gasteiger partial charge on any atom is 0.222 e. The molecule has 2 aromatic rings. The van der Waals surface area contributed by atoms with Gasteiger partial charge in [0, 0.05) is 55.7 Å². The van der Waals surface area contributed by atoms with Gasteiger partial charge in [0.05, 0.1) is 0 Å². The molecule has 0 N–H and O–H groups in total. The van der Waals surface area contributed by atoms with Crippen LogP contribution in [0.25, 0.3) is 5.69 Å². The van der Waals surface area contributed by atoms with Crippen LogP contribution in [-0.2, 0) is 4.79 Å². The van der Waals surface area contributed by atoms with Crippen LogP contribution in [-0.4, -0.2) is 46.5 Å². The lowest BCUT2D eigenvalue weighted by Crippen LogP contribution is -2.49. The SMILES string of the molecule is CCCC(=O)N1CCN(c2nccn2-c2cccc(Cl)c2)CC1. The maximum atomic E-state index is 12.0. The zero-order chi connectivity index (χ0) is 16.2. The number of hydrogen-bond acceptors (Lipinski definition) is 3. The van der Waals surface area contributed by atoms with Crippen LogP contribution in [0, 0.1) is 0 Å². The number of piperazine rings is 1. The van der Waals surface area contributed by atoms with Crippen molar-refractivity contribution in [3.05, 3.63) is 41.7 Å². The Bertz CT molecular complexity index is 677. The quantitative estimate of drug-likeness (QED) is 0.864. The van der Waals surface area contributed by atoms with Gasteiger partial charge < -0.3 is 9.80 Å². The summed E-state index contributed by atoms with van der Waals surface area (Å²) < 4.78 is 2.04. The Balaban J connectivity index is 1.73. The number of aromatic nitrogens is 2. The maximum absolute atomic E-state index is 12.0. The lowest BCUT2D eigenvalue weighted by Gasteiger charge is -2.35. The van der Waals surface area contributed by atoms with E-state index in [1.807, 2.05) is 46.9 Å². The van der Waals surface area contributed by atoms with Crippen molar-refractivity contribution < 1.29 is 4.79 Å². The van der Waals surface area contributed by atoms with Crippen LogP contribution in [0.2, 0.25) is 5.02 Å². The first-order valence-corrected chi connectivity index (χ1v) is 8.39. The Morgan fingerprint density at radius 3 is 2.74 bits per heavy atom. The lowest BCUT2D eigenvalue weighted by atomic mass is 10.2. The van der Waals surface area contributed by atoms with E-state index in [0.717, 1.165) is 44.2 Å². The Morgan fingerprint density at radius 1 is 1.26 bits per heavy atom. The fourth-order valence-corrected chi connectivity index (χ4v) is 3.07. The molecule has 0 spiro atoms. The van der Waals surface area contributed by atoms with Gasteiger partial charge in [0.15, 0.2) is 0 Å². The van der Waals surface area contributed by atoms with E-state index in [2.05, 4.69) is 9.88 Å². The van der Waals surface area contributed by atoms with Crippen molar-refractivity contribution in [2.24, 2.45) is 0 Å². The highest BCUT2D eigenvalue weighted by Gasteiger charge is 2.23. The molecule has 0 bridgehead atoms. The predicted octanol–water partition coefficient (Wildman–Crippen LogP) is 2.97. The summed E-state index contributed by atoms with van der Waals surface area (Å²) in [6.45, 7) is 5.14. The summed E-state index contributed by atoms with van der Waals surface area (Å²) in [5.41, 5.74) is 0.995. The van der Waals surface area contributed by atoms with Gasteiger partial charge in [-0.05, 0) is 24.6 Å². The summed E-state index contributed by atoms with van der Waals surface area (Å²) >= 11 is 6.09. The van der Waals surface area contributed by atoms with Crippen LogP contribution in [0.5, 0.6) is 0 Å². The average Bonchev–Trinajstić information content (AvgIpc) is 3.05. The van der Waals surface area contributed by atoms with E-state index in [0.29, 0.717) is 11.4 Å². The number of rotatable bonds is 4. The van der Waals surface area contributed by atoms with Gasteiger partial charge in [0.25, 0.3) is 0 Å². The summed E-state index contributed by atoms with van der Waals surface area (Å²) in [6, 6.07) is 7.73. The highest BCUT2D eigenvalue weighted by atomic mass is 35.5. The van der Waals surface area contributed by atoms with Gasteiger partial charge in [0.2, 0.25) is 11.9 Å². The highest BCUT2D eigenvalue weighted by molar-refractivity contribution is 6.30. The number of benzene rings is 1. The summed E-state index contributed by atoms with van der Waals surface area (Å²) in [5, 5.41) is 0.706. The van der Waals surface area contributed by atoms with Crippen molar-refractivity contribution in [3.8, 4) is 5.69 Å². The highest BCUT2D eigenvalue weighted by Crippen LogP contribution is 2.22. The van der Waals surface area contributed by atoms with E-state index in [9.17, 15) is 4.79 Å². The zero-order valence-electron chi connectivity index (χ0n) is 13.3. The second-order valence-corrected chi connectivity index (χ2v) is 6.13. The molecular formula is C17H21ClN4O.